The highest BCUT2D eigenvalue weighted by molar-refractivity contribution is 5.92. The van der Waals surface area contributed by atoms with E-state index < -0.39 is 0 Å². The molecule has 0 atom stereocenters. The summed E-state index contributed by atoms with van der Waals surface area (Å²) in [5, 5.41) is 3.24. The predicted octanol–water partition coefficient (Wildman–Crippen LogP) is 4.44. The smallest absolute Gasteiger partial charge is 0.273 e. The van der Waals surface area contributed by atoms with E-state index in [1.807, 2.05) is 56.0 Å². The summed E-state index contributed by atoms with van der Waals surface area (Å²) in [6, 6.07) is 11.9. The molecule has 1 amide bonds. The third-order valence-electron chi connectivity index (χ3n) is 4.22. The zero-order chi connectivity index (χ0) is 18.9. The van der Waals surface area contributed by atoms with Crippen LogP contribution >= 0.6 is 0 Å². The van der Waals surface area contributed by atoms with Crippen molar-refractivity contribution in [2.24, 2.45) is 0 Å². The van der Waals surface area contributed by atoms with Gasteiger partial charge in [-0.15, -0.1) is 0 Å². The highest BCUT2D eigenvalue weighted by Crippen LogP contribution is 2.14. The number of aryl methyl sites for hydroxylation is 1. The second-order valence-electron chi connectivity index (χ2n) is 6.86. The second-order valence-corrected chi connectivity index (χ2v) is 6.86. The van der Waals surface area contributed by atoms with E-state index in [0.29, 0.717) is 18.2 Å². The van der Waals surface area contributed by atoms with Gasteiger partial charge in [0.15, 0.2) is 0 Å². The number of anilines is 1. The van der Waals surface area contributed by atoms with Gasteiger partial charge >= 0.3 is 0 Å². The molecule has 0 aliphatic heterocycles. The molecule has 26 heavy (non-hydrogen) atoms. The molecule has 0 aliphatic rings. The van der Waals surface area contributed by atoms with E-state index in [1.165, 1.54) is 12.8 Å². The summed E-state index contributed by atoms with van der Waals surface area (Å²) in [7, 11) is 0. The number of benzene rings is 1. The van der Waals surface area contributed by atoms with Crippen molar-refractivity contribution in [3.05, 3.63) is 53.3 Å². The van der Waals surface area contributed by atoms with Crippen molar-refractivity contribution >= 4 is 11.9 Å². The van der Waals surface area contributed by atoms with Gasteiger partial charge in [0.25, 0.3) is 5.91 Å². The number of unbranched alkanes of at least 4 members (excludes halogenated alkanes) is 2. The molecule has 1 N–H and O–H groups in total. The van der Waals surface area contributed by atoms with Gasteiger partial charge in [0.2, 0.25) is 5.95 Å². The lowest BCUT2D eigenvalue weighted by atomic mass is 10.1. The summed E-state index contributed by atoms with van der Waals surface area (Å²) >= 11 is 0. The molecule has 140 valence electrons. The van der Waals surface area contributed by atoms with Crippen LogP contribution in [0.25, 0.3) is 0 Å². The zero-order valence-electron chi connectivity index (χ0n) is 16.3. The average molecular weight is 354 g/mol. The number of hydrogen-bond acceptors (Lipinski definition) is 4. The average Bonchev–Trinajstić information content (AvgIpc) is 2.63. The Labute approximate surface area is 156 Å². The van der Waals surface area contributed by atoms with Crippen molar-refractivity contribution < 1.29 is 4.79 Å². The fourth-order valence-corrected chi connectivity index (χ4v) is 2.75. The lowest BCUT2D eigenvalue weighted by Crippen LogP contribution is -2.37. The van der Waals surface area contributed by atoms with Crippen molar-refractivity contribution in [2.45, 2.75) is 59.5 Å². The standard InChI is InChI=1S/C21H30N4O/c1-5-6-10-13-22-21-23-17(4)14-19(24-21)20(26)25(16(2)3)15-18-11-8-7-9-12-18/h7-9,11-12,14,16H,5-6,10,13,15H2,1-4H3,(H,22,23,24). The maximum absolute atomic E-state index is 13.1. The first-order chi connectivity index (χ1) is 12.5. The molecule has 0 radical (unpaired) electrons. The third-order valence-corrected chi connectivity index (χ3v) is 4.22. The molecule has 5 heteroatoms. The molecular weight excluding hydrogens is 324 g/mol. The Morgan fingerprint density at radius 1 is 1.15 bits per heavy atom. The largest absolute Gasteiger partial charge is 0.354 e. The minimum Gasteiger partial charge on any atom is -0.354 e. The van der Waals surface area contributed by atoms with Crippen LogP contribution < -0.4 is 5.32 Å². The lowest BCUT2D eigenvalue weighted by molar-refractivity contribution is 0.0684. The molecule has 0 spiro atoms. The predicted molar refractivity (Wildman–Crippen MR) is 106 cm³/mol. The maximum Gasteiger partial charge on any atom is 0.273 e. The van der Waals surface area contributed by atoms with Gasteiger partial charge in [-0.25, -0.2) is 9.97 Å². The zero-order valence-corrected chi connectivity index (χ0v) is 16.3. The van der Waals surface area contributed by atoms with Gasteiger partial charge in [0.05, 0.1) is 0 Å². The molecule has 2 aromatic rings. The van der Waals surface area contributed by atoms with Gasteiger partial charge in [-0.1, -0.05) is 50.1 Å². The Kier molecular flexibility index (Phi) is 7.57. The van der Waals surface area contributed by atoms with E-state index >= 15 is 0 Å². The molecule has 1 aromatic heterocycles. The normalized spacial score (nSPS) is 10.8. The van der Waals surface area contributed by atoms with Crippen LogP contribution in [0.3, 0.4) is 0 Å². The number of nitrogens with zero attached hydrogens (tertiary/aromatic N) is 3. The summed E-state index contributed by atoms with van der Waals surface area (Å²) in [6.45, 7) is 9.51. The molecule has 0 saturated heterocycles. The van der Waals surface area contributed by atoms with Crippen molar-refractivity contribution in [1.29, 1.82) is 0 Å². The molecule has 0 unspecified atom stereocenters. The molecular formula is C21H30N4O. The van der Waals surface area contributed by atoms with Crippen LogP contribution in [0.15, 0.2) is 36.4 Å². The van der Waals surface area contributed by atoms with E-state index in [2.05, 4.69) is 22.2 Å². The van der Waals surface area contributed by atoms with E-state index in [4.69, 9.17) is 0 Å². The summed E-state index contributed by atoms with van der Waals surface area (Å²) in [5.74, 6) is 0.471. The Bertz CT molecular complexity index is 700. The second kappa shape index (κ2) is 9.90. The number of nitrogens with one attached hydrogen (secondary N) is 1. The van der Waals surface area contributed by atoms with Crippen LogP contribution in [0.5, 0.6) is 0 Å². The van der Waals surface area contributed by atoms with E-state index in [1.54, 1.807) is 6.07 Å². The first-order valence-electron chi connectivity index (χ1n) is 9.45. The van der Waals surface area contributed by atoms with Crippen molar-refractivity contribution in [3.63, 3.8) is 0 Å². The van der Waals surface area contributed by atoms with Crippen molar-refractivity contribution in [3.8, 4) is 0 Å². The Morgan fingerprint density at radius 3 is 2.54 bits per heavy atom. The topological polar surface area (TPSA) is 58.1 Å². The fraction of sp³-hybridized carbons (Fsp3) is 0.476. The van der Waals surface area contributed by atoms with Gasteiger partial charge in [0.1, 0.15) is 5.69 Å². The van der Waals surface area contributed by atoms with Crippen LogP contribution in [-0.2, 0) is 6.54 Å². The number of carbonyl (C=O) groups is 1. The van der Waals surface area contributed by atoms with Crippen LogP contribution in [-0.4, -0.2) is 33.4 Å². The third kappa shape index (κ3) is 5.83. The summed E-state index contributed by atoms with van der Waals surface area (Å²) in [6.07, 6.45) is 3.41. The lowest BCUT2D eigenvalue weighted by Gasteiger charge is -2.26. The monoisotopic (exact) mass is 354 g/mol. The number of hydrogen-bond donors (Lipinski definition) is 1. The van der Waals surface area contributed by atoms with Crippen LogP contribution in [0.2, 0.25) is 0 Å². The minimum atomic E-state index is -0.0639. The highest BCUT2D eigenvalue weighted by Gasteiger charge is 2.21. The molecule has 2 rings (SSSR count). The van der Waals surface area contributed by atoms with Crippen LogP contribution in [0, 0.1) is 6.92 Å². The number of aromatic nitrogens is 2. The van der Waals surface area contributed by atoms with Crippen LogP contribution in [0.4, 0.5) is 5.95 Å². The fourth-order valence-electron chi connectivity index (χ4n) is 2.75. The molecule has 0 bridgehead atoms. The summed E-state index contributed by atoms with van der Waals surface area (Å²) < 4.78 is 0. The first kappa shape index (κ1) is 19.9. The number of amides is 1. The Balaban J connectivity index is 2.15. The Hall–Kier alpha value is -2.43. The highest BCUT2D eigenvalue weighted by atomic mass is 16.2. The molecule has 0 fully saturated rings. The van der Waals surface area contributed by atoms with Crippen molar-refractivity contribution in [1.82, 2.24) is 14.9 Å². The summed E-state index contributed by atoms with van der Waals surface area (Å²) in [4.78, 5) is 23.8. The Morgan fingerprint density at radius 2 is 1.88 bits per heavy atom. The van der Waals surface area contributed by atoms with Crippen LogP contribution in [0.1, 0.15) is 61.8 Å². The summed E-state index contributed by atoms with van der Waals surface area (Å²) in [5.41, 5.74) is 2.35. The molecule has 1 heterocycles. The van der Waals surface area contributed by atoms with Crippen molar-refractivity contribution in [2.75, 3.05) is 11.9 Å². The molecule has 1 aromatic carbocycles. The number of carbonyl (C=O) groups excluding carboxylic acids is 1. The van der Waals surface area contributed by atoms with Gasteiger partial charge in [-0.2, -0.15) is 0 Å². The number of rotatable bonds is 9. The maximum atomic E-state index is 13.1. The van der Waals surface area contributed by atoms with E-state index in [9.17, 15) is 4.79 Å². The first-order valence-corrected chi connectivity index (χ1v) is 9.45. The molecule has 0 aliphatic carbocycles. The van der Waals surface area contributed by atoms with Gasteiger partial charge in [0, 0.05) is 24.8 Å². The SMILES string of the molecule is CCCCCNc1nc(C)cc(C(=O)N(Cc2ccccc2)C(C)C)n1. The quantitative estimate of drug-likeness (QED) is 0.677. The molecule has 5 nitrogen and oxygen atoms in total. The minimum absolute atomic E-state index is 0.0639. The molecule has 0 saturated carbocycles. The van der Waals surface area contributed by atoms with Gasteiger partial charge in [-0.3, -0.25) is 4.79 Å². The van der Waals surface area contributed by atoms with Gasteiger partial charge < -0.3 is 10.2 Å². The van der Waals surface area contributed by atoms with Gasteiger partial charge in [-0.05, 0) is 38.8 Å². The van der Waals surface area contributed by atoms with E-state index in [-0.39, 0.29) is 11.9 Å². The van der Waals surface area contributed by atoms with E-state index in [0.717, 1.165) is 24.2 Å².